The molecule has 0 spiro atoms. The highest BCUT2D eigenvalue weighted by atomic mass is 35.5. The van der Waals surface area contributed by atoms with E-state index in [1.807, 2.05) is 30.3 Å². The Bertz CT molecular complexity index is 917. The Labute approximate surface area is 154 Å². The van der Waals surface area contributed by atoms with Crippen LogP contribution in [0.4, 0.5) is 5.69 Å². The quantitative estimate of drug-likeness (QED) is 0.434. The van der Waals surface area contributed by atoms with Crippen LogP contribution in [0.3, 0.4) is 0 Å². The van der Waals surface area contributed by atoms with E-state index in [2.05, 4.69) is 4.98 Å². The number of hydrogen-bond acceptors (Lipinski definition) is 4. The summed E-state index contributed by atoms with van der Waals surface area (Å²) in [6.07, 6.45) is 1.45. The molecule has 0 atom stereocenters. The SMILES string of the molecule is O=[N+]([O-])c1c(-c2ccc(Cl)cc2Cl)ccnc1OCc1ccccc1. The normalized spacial score (nSPS) is 10.5. The van der Waals surface area contributed by atoms with Gasteiger partial charge < -0.3 is 4.74 Å². The lowest BCUT2D eigenvalue weighted by Crippen LogP contribution is -2.02. The predicted octanol–water partition coefficient (Wildman–Crippen LogP) is 5.54. The molecular formula is C18H12Cl2N2O3. The number of rotatable bonds is 5. The van der Waals surface area contributed by atoms with Crippen LogP contribution in [0.5, 0.6) is 5.88 Å². The summed E-state index contributed by atoms with van der Waals surface area (Å²) in [4.78, 5) is 15.1. The molecular weight excluding hydrogens is 363 g/mol. The van der Waals surface area contributed by atoms with Crippen LogP contribution in [0, 0.1) is 10.1 Å². The summed E-state index contributed by atoms with van der Waals surface area (Å²) < 4.78 is 5.59. The average molecular weight is 375 g/mol. The van der Waals surface area contributed by atoms with Crippen molar-refractivity contribution in [3.05, 3.63) is 86.5 Å². The first kappa shape index (κ1) is 17.2. The molecule has 0 aliphatic carbocycles. The maximum absolute atomic E-state index is 11.6. The fourth-order valence-electron chi connectivity index (χ4n) is 2.37. The Balaban J connectivity index is 2.01. The van der Waals surface area contributed by atoms with Crippen molar-refractivity contribution in [2.75, 3.05) is 0 Å². The molecule has 0 fully saturated rings. The third kappa shape index (κ3) is 3.90. The van der Waals surface area contributed by atoms with Crippen molar-refractivity contribution >= 4 is 28.9 Å². The van der Waals surface area contributed by atoms with E-state index >= 15 is 0 Å². The summed E-state index contributed by atoms with van der Waals surface area (Å²) >= 11 is 12.1. The molecule has 1 heterocycles. The van der Waals surface area contributed by atoms with E-state index in [1.165, 1.54) is 18.3 Å². The summed E-state index contributed by atoms with van der Waals surface area (Å²) in [6, 6.07) is 15.7. The van der Waals surface area contributed by atoms with Gasteiger partial charge in [-0.25, -0.2) is 4.98 Å². The van der Waals surface area contributed by atoms with Crippen LogP contribution < -0.4 is 4.74 Å². The first-order valence-electron chi connectivity index (χ1n) is 7.32. The molecule has 5 nitrogen and oxygen atoms in total. The van der Waals surface area contributed by atoms with Crippen LogP contribution >= 0.6 is 23.2 Å². The Hall–Kier alpha value is -2.63. The summed E-state index contributed by atoms with van der Waals surface area (Å²) in [5.41, 5.74) is 1.46. The second-order valence-electron chi connectivity index (χ2n) is 5.17. The molecule has 3 rings (SSSR count). The fourth-order valence-corrected chi connectivity index (χ4v) is 2.88. The highest BCUT2D eigenvalue weighted by Crippen LogP contribution is 2.40. The highest BCUT2D eigenvalue weighted by Gasteiger charge is 2.25. The van der Waals surface area contributed by atoms with E-state index in [0.717, 1.165) is 5.56 Å². The van der Waals surface area contributed by atoms with Crippen LogP contribution in [-0.2, 0) is 6.61 Å². The van der Waals surface area contributed by atoms with Gasteiger partial charge >= 0.3 is 5.69 Å². The average Bonchev–Trinajstić information content (AvgIpc) is 2.60. The van der Waals surface area contributed by atoms with Crippen molar-refractivity contribution in [1.82, 2.24) is 4.98 Å². The maximum Gasteiger partial charge on any atom is 0.338 e. The Morgan fingerprint density at radius 2 is 1.80 bits per heavy atom. The molecule has 25 heavy (non-hydrogen) atoms. The van der Waals surface area contributed by atoms with E-state index in [4.69, 9.17) is 27.9 Å². The van der Waals surface area contributed by atoms with E-state index in [-0.39, 0.29) is 18.2 Å². The summed E-state index contributed by atoms with van der Waals surface area (Å²) in [5.74, 6) is -0.0580. The summed E-state index contributed by atoms with van der Waals surface area (Å²) in [6.45, 7) is 0.173. The molecule has 0 saturated heterocycles. The van der Waals surface area contributed by atoms with Gasteiger partial charge in [0.05, 0.1) is 15.5 Å². The monoisotopic (exact) mass is 374 g/mol. The molecule has 0 radical (unpaired) electrons. The second-order valence-corrected chi connectivity index (χ2v) is 6.01. The topological polar surface area (TPSA) is 65.3 Å². The van der Waals surface area contributed by atoms with Crippen LogP contribution in [0.1, 0.15) is 5.56 Å². The van der Waals surface area contributed by atoms with Crippen LogP contribution in [0.15, 0.2) is 60.8 Å². The van der Waals surface area contributed by atoms with Gasteiger partial charge in [-0.3, -0.25) is 10.1 Å². The number of nitrogens with zero attached hydrogens (tertiary/aromatic N) is 2. The van der Waals surface area contributed by atoms with E-state index < -0.39 is 4.92 Å². The summed E-state index contributed by atoms with van der Waals surface area (Å²) in [7, 11) is 0. The minimum absolute atomic E-state index is 0.0580. The smallest absolute Gasteiger partial charge is 0.338 e. The lowest BCUT2D eigenvalue weighted by molar-refractivity contribution is -0.385. The predicted molar refractivity (Wildman–Crippen MR) is 97.1 cm³/mol. The lowest BCUT2D eigenvalue weighted by atomic mass is 10.1. The Morgan fingerprint density at radius 3 is 2.48 bits per heavy atom. The molecule has 126 valence electrons. The molecule has 0 amide bonds. The molecule has 0 N–H and O–H groups in total. The van der Waals surface area contributed by atoms with Crippen LogP contribution in [0.25, 0.3) is 11.1 Å². The molecule has 1 aromatic heterocycles. The third-order valence-electron chi connectivity index (χ3n) is 3.51. The standard InChI is InChI=1S/C18H12Cl2N2O3/c19-13-6-7-14(16(20)10-13)15-8-9-21-18(17(15)22(23)24)25-11-12-4-2-1-3-5-12/h1-10H,11H2. The van der Waals surface area contributed by atoms with Crippen molar-refractivity contribution < 1.29 is 9.66 Å². The van der Waals surface area contributed by atoms with E-state index in [0.29, 0.717) is 21.2 Å². The largest absolute Gasteiger partial charge is 0.468 e. The number of nitro groups is 1. The molecule has 0 saturated carbocycles. The van der Waals surface area contributed by atoms with Crippen molar-refractivity contribution in [2.24, 2.45) is 0 Å². The zero-order valence-corrected chi connectivity index (χ0v) is 14.4. The second kappa shape index (κ2) is 7.51. The number of benzene rings is 2. The fraction of sp³-hybridized carbons (Fsp3) is 0.0556. The van der Waals surface area contributed by atoms with Gasteiger partial charge in [-0.05, 0) is 23.8 Å². The zero-order valence-electron chi connectivity index (χ0n) is 12.9. The van der Waals surface area contributed by atoms with Gasteiger partial charge in [0.25, 0.3) is 5.88 Å². The van der Waals surface area contributed by atoms with Crippen LogP contribution in [0.2, 0.25) is 10.0 Å². The van der Waals surface area contributed by atoms with Gasteiger partial charge in [0, 0.05) is 16.8 Å². The first-order valence-corrected chi connectivity index (χ1v) is 8.07. The van der Waals surface area contributed by atoms with Crippen molar-refractivity contribution in [3.63, 3.8) is 0 Å². The molecule has 7 heteroatoms. The highest BCUT2D eigenvalue weighted by molar-refractivity contribution is 6.36. The minimum Gasteiger partial charge on any atom is -0.468 e. The Morgan fingerprint density at radius 1 is 1.04 bits per heavy atom. The molecule has 0 aliphatic rings. The maximum atomic E-state index is 11.6. The van der Waals surface area contributed by atoms with Crippen molar-refractivity contribution in [1.29, 1.82) is 0 Å². The minimum atomic E-state index is -0.520. The number of aromatic nitrogens is 1. The summed E-state index contributed by atoms with van der Waals surface area (Å²) in [5, 5.41) is 12.4. The molecule has 3 aromatic rings. The number of ether oxygens (including phenoxy) is 1. The van der Waals surface area contributed by atoms with Crippen molar-refractivity contribution in [2.45, 2.75) is 6.61 Å². The molecule has 0 unspecified atom stereocenters. The lowest BCUT2D eigenvalue weighted by Gasteiger charge is -2.10. The number of hydrogen-bond donors (Lipinski definition) is 0. The zero-order chi connectivity index (χ0) is 17.8. The van der Waals surface area contributed by atoms with Gasteiger partial charge in [0.15, 0.2) is 0 Å². The van der Waals surface area contributed by atoms with Crippen molar-refractivity contribution in [3.8, 4) is 17.0 Å². The third-order valence-corrected chi connectivity index (χ3v) is 4.06. The number of pyridine rings is 1. The molecule has 2 aromatic carbocycles. The van der Waals surface area contributed by atoms with Gasteiger partial charge in [0.1, 0.15) is 6.61 Å². The number of halogens is 2. The van der Waals surface area contributed by atoms with Crippen LogP contribution in [-0.4, -0.2) is 9.91 Å². The first-order chi connectivity index (χ1) is 12.1. The van der Waals surface area contributed by atoms with E-state index in [1.54, 1.807) is 12.1 Å². The molecule has 0 aliphatic heterocycles. The van der Waals surface area contributed by atoms with Gasteiger partial charge in [-0.15, -0.1) is 0 Å². The van der Waals surface area contributed by atoms with E-state index in [9.17, 15) is 10.1 Å². The van der Waals surface area contributed by atoms with Gasteiger partial charge in [-0.2, -0.15) is 0 Å². The Kier molecular flexibility index (Phi) is 5.16. The van der Waals surface area contributed by atoms with Gasteiger partial charge in [-0.1, -0.05) is 59.6 Å². The van der Waals surface area contributed by atoms with Gasteiger partial charge in [0.2, 0.25) is 0 Å². The molecule has 0 bridgehead atoms.